The van der Waals surface area contributed by atoms with E-state index in [-0.39, 0.29) is 5.54 Å². The molecule has 0 aliphatic heterocycles. The molecule has 0 saturated heterocycles. The van der Waals surface area contributed by atoms with Gasteiger partial charge in [-0.2, -0.15) is 0 Å². The molecule has 2 aromatic heterocycles. The van der Waals surface area contributed by atoms with E-state index in [1.165, 1.54) is 4.88 Å². The number of rotatable bonds is 4. The van der Waals surface area contributed by atoms with Crippen molar-refractivity contribution in [2.24, 2.45) is 0 Å². The molecule has 0 aliphatic rings. The van der Waals surface area contributed by atoms with E-state index in [1.54, 1.807) is 17.5 Å². The van der Waals surface area contributed by atoms with Gasteiger partial charge >= 0.3 is 0 Å². The molecule has 0 atom stereocenters. The summed E-state index contributed by atoms with van der Waals surface area (Å²) in [5.74, 6) is 2.25. The normalized spacial score (nSPS) is 12.2. The van der Waals surface area contributed by atoms with Crippen LogP contribution in [0, 0.1) is 6.92 Å². The first-order valence-electron chi connectivity index (χ1n) is 6.90. The molecule has 0 N–H and O–H groups in total. The Bertz CT molecular complexity index is 578. The summed E-state index contributed by atoms with van der Waals surface area (Å²) in [6.45, 7) is 13.3. The van der Waals surface area contributed by atoms with Crippen molar-refractivity contribution >= 4 is 11.3 Å². The summed E-state index contributed by atoms with van der Waals surface area (Å²) in [5.41, 5.74) is 2.88. The van der Waals surface area contributed by atoms with E-state index in [0.717, 1.165) is 17.4 Å². The fourth-order valence-corrected chi connectivity index (χ4v) is 3.15. The zero-order chi connectivity index (χ0) is 14.9. The van der Waals surface area contributed by atoms with Crippen LogP contribution in [-0.2, 0) is 12.1 Å². The quantitative estimate of drug-likeness (QED) is 0.852. The van der Waals surface area contributed by atoms with Gasteiger partial charge in [0.15, 0.2) is 0 Å². The van der Waals surface area contributed by atoms with Gasteiger partial charge in [0.25, 0.3) is 0 Å². The molecular weight excluding hydrogens is 270 g/mol. The monoisotopic (exact) mass is 293 g/mol. The smallest absolute Gasteiger partial charge is 0.214 e. The van der Waals surface area contributed by atoms with Gasteiger partial charge in [-0.25, -0.2) is 9.97 Å². The Morgan fingerprint density at radius 1 is 1.30 bits per heavy atom. The third-order valence-electron chi connectivity index (χ3n) is 3.13. The Balaban J connectivity index is 2.18. The fraction of sp³-hybridized carbons (Fsp3) is 0.600. The Morgan fingerprint density at radius 3 is 2.60 bits per heavy atom. The first-order chi connectivity index (χ1) is 9.30. The van der Waals surface area contributed by atoms with Crippen molar-refractivity contribution in [3.8, 4) is 5.88 Å². The summed E-state index contributed by atoms with van der Waals surface area (Å²) in [6.07, 6.45) is 1.79. The molecule has 2 rings (SSSR count). The average Bonchev–Trinajstić information content (AvgIpc) is 2.91. The van der Waals surface area contributed by atoms with E-state index in [4.69, 9.17) is 4.74 Å². The van der Waals surface area contributed by atoms with Gasteiger partial charge in [0.05, 0.1) is 17.4 Å². The molecule has 4 nitrogen and oxygen atoms in total. The summed E-state index contributed by atoms with van der Waals surface area (Å²) < 4.78 is 8.08. The second-order valence-corrected chi connectivity index (χ2v) is 7.14. The topological polar surface area (TPSA) is 39.9 Å². The lowest BCUT2D eigenvalue weighted by atomic mass is 10.1. The molecular formula is C15H23N3OS. The largest absolute Gasteiger partial charge is 0.471 e. The van der Waals surface area contributed by atoms with Gasteiger partial charge in [0.2, 0.25) is 5.88 Å². The minimum atomic E-state index is -0.0428. The fourth-order valence-electron chi connectivity index (χ4n) is 2.34. The van der Waals surface area contributed by atoms with Crippen LogP contribution in [-0.4, -0.2) is 14.5 Å². The molecule has 2 aromatic rings. The molecule has 0 amide bonds. The van der Waals surface area contributed by atoms with Crippen LogP contribution >= 0.6 is 11.3 Å². The number of aromatic nitrogens is 3. The SMILES string of the molecule is Cc1ncc(OCc2ncsc2C(C)C)n1C(C)(C)C. The van der Waals surface area contributed by atoms with Crippen LogP contribution in [0.3, 0.4) is 0 Å². The number of thiazole rings is 1. The van der Waals surface area contributed by atoms with E-state index in [0.29, 0.717) is 12.5 Å². The molecule has 0 radical (unpaired) electrons. The van der Waals surface area contributed by atoms with Crippen LogP contribution in [0.2, 0.25) is 0 Å². The van der Waals surface area contributed by atoms with Gasteiger partial charge in [-0.15, -0.1) is 11.3 Å². The van der Waals surface area contributed by atoms with Crippen molar-refractivity contribution < 1.29 is 4.74 Å². The lowest BCUT2D eigenvalue weighted by Gasteiger charge is -2.25. The highest BCUT2D eigenvalue weighted by Crippen LogP contribution is 2.27. The summed E-state index contributed by atoms with van der Waals surface area (Å²) in [5, 5.41) is 0. The van der Waals surface area contributed by atoms with Crippen LogP contribution in [0.15, 0.2) is 11.7 Å². The highest BCUT2D eigenvalue weighted by atomic mass is 32.1. The highest BCUT2D eigenvalue weighted by molar-refractivity contribution is 7.09. The lowest BCUT2D eigenvalue weighted by molar-refractivity contribution is 0.243. The van der Waals surface area contributed by atoms with Gasteiger partial charge in [-0.3, -0.25) is 4.57 Å². The Labute approximate surface area is 124 Å². The maximum atomic E-state index is 5.96. The molecule has 110 valence electrons. The van der Waals surface area contributed by atoms with Crippen molar-refractivity contribution in [1.82, 2.24) is 14.5 Å². The molecule has 20 heavy (non-hydrogen) atoms. The Kier molecular flexibility index (Phi) is 4.18. The van der Waals surface area contributed by atoms with Crippen molar-refractivity contribution in [3.05, 3.63) is 28.1 Å². The highest BCUT2D eigenvalue weighted by Gasteiger charge is 2.21. The van der Waals surface area contributed by atoms with Gasteiger partial charge in [0, 0.05) is 10.4 Å². The Morgan fingerprint density at radius 2 is 2.00 bits per heavy atom. The molecule has 0 spiro atoms. The van der Waals surface area contributed by atoms with Gasteiger partial charge < -0.3 is 4.74 Å². The van der Waals surface area contributed by atoms with Crippen LogP contribution in [0.1, 0.15) is 56.9 Å². The lowest BCUT2D eigenvalue weighted by Crippen LogP contribution is -2.24. The number of aryl methyl sites for hydroxylation is 1. The maximum Gasteiger partial charge on any atom is 0.214 e. The number of hydrogen-bond donors (Lipinski definition) is 0. The molecule has 0 saturated carbocycles. The van der Waals surface area contributed by atoms with Crippen LogP contribution < -0.4 is 4.74 Å². The molecule has 5 heteroatoms. The molecule has 0 aliphatic carbocycles. The van der Waals surface area contributed by atoms with Crippen LogP contribution in [0.5, 0.6) is 5.88 Å². The summed E-state index contributed by atoms with van der Waals surface area (Å²) in [4.78, 5) is 10.1. The van der Waals surface area contributed by atoms with Gasteiger partial charge in [-0.1, -0.05) is 13.8 Å². The van der Waals surface area contributed by atoms with E-state index >= 15 is 0 Å². The average molecular weight is 293 g/mol. The predicted octanol–water partition coefficient (Wildman–Crippen LogP) is 4.11. The zero-order valence-electron chi connectivity index (χ0n) is 13.1. The number of hydrogen-bond acceptors (Lipinski definition) is 4. The second-order valence-electron chi connectivity index (χ2n) is 6.26. The Hall–Kier alpha value is -1.36. The molecule has 0 aromatic carbocycles. The minimum absolute atomic E-state index is 0.0428. The molecule has 0 fully saturated rings. The van der Waals surface area contributed by atoms with Crippen LogP contribution in [0.25, 0.3) is 0 Å². The number of imidazole rings is 1. The summed E-state index contributed by atoms with van der Waals surface area (Å²) in [6, 6.07) is 0. The number of ether oxygens (including phenoxy) is 1. The molecule has 0 unspecified atom stereocenters. The third-order valence-corrected chi connectivity index (χ3v) is 4.30. The van der Waals surface area contributed by atoms with E-state index in [1.807, 2.05) is 12.4 Å². The van der Waals surface area contributed by atoms with Crippen LogP contribution in [0.4, 0.5) is 0 Å². The first kappa shape index (κ1) is 15.0. The number of nitrogens with zero attached hydrogens (tertiary/aromatic N) is 3. The van der Waals surface area contributed by atoms with E-state index < -0.39 is 0 Å². The molecule has 0 bridgehead atoms. The minimum Gasteiger partial charge on any atom is -0.471 e. The second kappa shape index (κ2) is 5.56. The third kappa shape index (κ3) is 3.03. The summed E-state index contributed by atoms with van der Waals surface area (Å²) >= 11 is 1.69. The van der Waals surface area contributed by atoms with Gasteiger partial charge in [-0.05, 0) is 33.6 Å². The van der Waals surface area contributed by atoms with Crippen molar-refractivity contribution in [1.29, 1.82) is 0 Å². The zero-order valence-corrected chi connectivity index (χ0v) is 13.9. The van der Waals surface area contributed by atoms with Crippen molar-refractivity contribution in [2.45, 2.75) is 59.6 Å². The van der Waals surface area contributed by atoms with E-state index in [9.17, 15) is 0 Å². The predicted molar refractivity (Wildman–Crippen MR) is 82.5 cm³/mol. The van der Waals surface area contributed by atoms with Gasteiger partial charge in [0.1, 0.15) is 12.4 Å². The maximum absolute atomic E-state index is 5.96. The first-order valence-corrected chi connectivity index (χ1v) is 7.78. The molecule has 2 heterocycles. The van der Waals surface area contributed by atoms with Crippen molar-refractivity contribution in [2.75, 3.05) is 0 Å². The van der Waals surface area contributed by atoms with E-state index in [2.05, 4.69) is 49.2 Å². The standard InChI is InChI=1S/C15H23N3OS/c1-10(2)14-12(17-9-20-14)8-19-13-7-16-11(3)18(13)15(4,5)6/h7,9-10H,8H2,1-6H3. The van der Waals surface area contributed by atoms with Crippen molar-refractivity contribution in [3.63, 3.8) is 0 Å². The summed E-state index contributed by atoms with van der Waals surface area (Å²) in [7, 11) is 0.